The topological polar surface area (TPSA) is 55.8 Å². The van der Waals surface area contributed by atoms with Gasteiger partial charge in [-0.15, -0.1) is 0 Å². The van der Waals surface area contributed by atoms with Gasteiger partial charge in [-0.25, -0.2) is 9.18 Å². The molecule has 1 rings (SSSR count). The highest BCUT2D eigenvalue weighted by Crippen LogP contribution is 2.17. The number of carbonyl (C=O) groups is 1. The van der Waals surface area contributed by atoms with Crippen LogP contribution >= 0.6 is 0 Å². The van der Waals surface area contributed by atoms with Crippen molar-refractivity contribution in [3.63, 3.8) is 0 Å². The minimum atomic E-state index is -1.12. The highest BCUT2D eigenvalue weighted by atomic mass is 19.1. The van der Waals surface area contributed by atoms with Crippen LogP contribution in [0.3, 0.4) is 0 Å². The quantitative estimate of drug-likeness (QED) is 0.831. The summed E-state index contributed by atoms with van der Waals surface area (Å²) in [5.41, 5.74) is 0.402. The Bertz CT molecular complexity index is 378. The van der Waals surface area contributed by atoms with Crippen molar-refractivity contribution >= 4 is 5.97 Å². The molecule has 1 aromatic carbocycles. The number of halogens is 1. The molecule has 0 heterocycles. The van der Waals surface area contributed by atoms with Crippen LogP contribution in [-0.2, 0) is 9.53 Å². The molecular weight excluding hydrogens is 215 g/mol. The monoisotopic (exact) mass is 228 g/mol. The molecule has 16 heavy (non-hydrogen) atoms. The summed E-state index contributed by atoms with van der Waals surface area (Å²) in [6.45, 7) is 1.51. The number of ether oxygens (including phenoxy) is 2. The summed E-state index contributed by atoms with van der Waals surface area (Å²) in [5.74, 6) is -1.17. The van der Waals surface area contributed by atoms with Crippen molar-refractivity contribution in [2.45, 2.75) is 13.0 Å². The van der Waals surface area contributed by atoms with E-state index in [9.17, 15) is 9.18 Å². The van der Waals surface area contributed by atoms with Gasteiger partial charge in [0, 0.05) is 7.11 Å². The first-order valence-corrected chi connectivity index (χ1v) is 4.69. The molecule has 0 saturated carbocycles. The lowest BCUT2D eigenvalue weighted by molar-refractivity contribution is -0.147. The molecule has 0 aliphatic carbocycles. The zero-order valence-electron chi connectivity index (χ0n) is 9.07. The minimum absolute atomic E-state index is 0.0637. The van der Waals surface area contributed by atoms with Gasteiger partial charge < -0.3 is 14.6 Å². The van der Waals surface area contributed by atoms with E-state index in [1.807, 2.05) is 0 Å². The van der Waals surface area contributed by atoms with Crippen molar-refractivity contribution in [1.29, 1.82) is 0 Å². The van der Waals surface area contributed by atoms with E-state index >= 15 is 0 Å². The van der Waals surface area contributed by atoms with Crippen molar-refractivity contribution in [2.75, 3.05) is 13.7 Å². The van der Waals surface area contributed by atoms with Crippen LogP contribution in [0.4, 0.5) is 4.39 Å². The molecule has 0 aromatic heterocycles. The van der Waals surface area contributed by atoms with Gasteiger partial charge in [-0.3, -0.25) is 0 Å². The van der Waals surface area contributed by atoms with Gasteiger partial charge in [0.1, 0.15) is 11.6 Å². The molecule has 0 spiro atoms. The van der Waals surface area contributed by atoms with Crippen LogP contribution in [-0.4, -0.2) is 30.9 Å². The molecule has 1 N–H and O–H groups in total. The summed E-state index contributed by atoms with van der Waals surface area (Å²) in [6, 6.07) is 4.06. The third kappa shape index (κ3) is 3.20. The fourth-order valence-electron chi connectivity index (χ4n) is 1.16. The van der Waals surface area contributed by atoms with E-state index in [0.29, 0.717) is 11.3 Å². The zero-order valence-corrected chi connectivity index (χ0v) is 9.07. The molecule has 0 fully saturated rings. The van der Waals surface area contributed by atoms with Crippen LogP contribution in [0.1, 0.15) is 5.56 Å². The lowest BCUT2D eigenvalue weighted by Gasteiger charge is -2.14. The number of methoxy groups -OCH3 is 1. The van der Waals surface area contributed by atoms with E-state index in [1.54, 1.807) is 6.92 Å². The number of rotatable bonds is 5. The normalized spacial score (nSPS) is 12.2. The van der Waals surface area contributed by atoms with E-state index in [0.717, 1.165) is 0 Å². The van der Waals surface area contributed by atoms with Gasteiger partial charge in [0.25, 0.3) is 0 Å². The molecule has 0 aliphatic rings. The maximum atomic E-state index is 12.9. The molecule has 0 aliphatic heterocycles. The van der Waals surface area contributed by atoms with Crippen LogP contribution in [0.25, 0.3) is 0 Å². The average Bonchev–Trinajstić information content (AvgIpc) is 2.22. The second-order valence-corrected chi connectivity index (χ2v) is 3.31. The van der Waals surface area contributed by atoms with E-state index < -0.39 is 12.1 Å². The van der Waals surface area contributed by atoms with E-state index in [4.69, 9.17) is 14.6 Å². The first-order valence-electron chi connectivity index (χ1n) is 4.69. The predicted octanol–water partition coefficient (Wildman–Crippen LogP) is 1.61. The highest BCUT2D eigenvalue weighted by Gasteiger charge is 2.19. The Morgan fingerprint density at radius 1 is 1.56 bits per heavy atom. The summed E-state index contributed by atoms with van der Waals surface area (Å²) in [5, 5.41) is 8.81. The molecular formula is C11H13FO4. The molecule has 1 unspecified atom stereocenters. The van der Waals surface area contributed by atoms with Crippen molar-refractivity contribution in [3.05, 3.63) is 29.6 Å². The fraction of sp³-hybridized carbons (Fsp3) is 0.364. The second kappa shape index (κ2) is 5.46. The van der Waals surface area contributed by atoms with Gasteiger partial charge in [-0.1, -0.05) is 0 Å². The third-order valence-electron chi connectivity index (χ3n) is 2.00. The third-order valence-corrected chi connectivity index (χ3v) is 2.00. The molecule has 0 saturated heterocycles. The van der Waals surface area contributed by atoms with Crippen LogP contribution in [0.5, 0.6) is 5.75 Å². The van der Waals surface area contributed by atoms with Crippen molar-refractivity contribution in [2.24, 2.45) is 0 Å². The van der Waals surface area contributed by atoms with Crippen LogP contribution in [0, 0.1) is 12.7 Å². The number of hydrogen-bond acceptors (Lipinski definition) is 3. The molecule has 0 amide bonds. The average molecular weight is 228 g/mol. The maximum Gasteiger partial charge on any atom is 0.347 e. The summed E-state index contributed by atoms with van der Waals surface area (Å²) in [4.78, 5) is 10.8. The Morgan fingerprint density at radius 2 is 2.25 bits per heavy atom. The first-order chi connectivity index (χ1) is 7.54. The van der Waals surface area contributed by atoms with E-state index in [-0.39, 0.29) is 12.4 Å². The van der Waals surface area contributed by atoms with Gasteiger partial charge >= 0.3 is 5.97 Å². The van der Waals surface area contributed by atoms with E-state index in [1.165, 1.54) is 25.3 Å². The van der Waals surface area contributed by atoms with Gasteiger partial charge in [0.05, 0.1) is 6.61 Å². The Kier molecular flexibility index (Phi) is 4.25. The maximum absolute atomic E-state index is 12.9. The molecule has 1 aromatic rings. The summed E-state index contributed by atoms with van der Waals surface area (Å²) in [6.07, 6.45) is -1.09. The minimum Gasteiger partial charge on any atom is -0.478 e. The van der Waals surface area contributed by atoms with Gasteiger partial charge in [0.15, 0.2) is 0 Å². The molecule has 1 atom stereocenters. The number of aliphatic carboxylic acids is 1. The summed E-state index contributed by atoms with van der Waals surface area (Å²) < 4.78 is 22.8. The smallest absolute Gasteiger partial charge is 0.347 e. The summed E-state index contributed by atoms with van der Waals surface area (Å²) in [7, 11) is 1.38. The molecule has 0 bridgehead atoms. The first kappa shape index (κ1) is 12.4. The highest BCUT2D eigenvalue weighted by molar-refractivity contribution is 5.72. The van der Waals surface area contributed by atoms with Gasteiger partial charge in [0.2, 0.25) is 6.10 Å². The van der Waals surface area contributed by atoms with Crippen LogP contribution < -0.4 is 4.74 Å². The van der Waals surface area contributed by atoms with E-state index in [2.05, 4.69) is 0 Å². The zero-order chi connectivity index (χ0) is 12.1. The lowest BCUT2D eigenvalue weighted by Crippen LogP contribution is -2.31. The Hall–Kier alpha value is -1.62. The Labute approximate surface area is 92.6 Å². The standard InChI is InChI=1S/C11H13FO4/c1-7-5-8(3-4-9(7)12)16-10(6-15-2)11(13)14/h3-5,10H,6H2,1-2H3,(H,13,14). The SMILES string of the molecule is COCC(Oc1ccc(F)c(C)c1)C(=O)O. The lowest BCUT2D eigenvalue weighted by atomic mass is 10.2. The van der Waals surface area contributed by atoms with Crippen LogP contribution in [0.2, 0.25) is 0 Å². The predicted molar refractivity (Wildman–Crippen MR) is 55.1 cm³/mol. The number of aryl methyl sites for hydroxylation is 1. The Morgan fingerprint density at radius 3 is 2.75 bits per heavy atom. The fourth-order valence-corrected chi connectivity index (χ4v) is 1.16. The molecule has 4 nitrogen and oxygen atoms in total. The van der Waals surface area contributed by atoms with Crippen LogP contribution in [0.15, 0.2) is 18.2 Å². The number of carboxylic acid groups (broad SMARTS) is 1. The second-order valence-electron chi connectivity index (χ2n) is 3.31. The number of hydrogen-bond donors (Lipinski definition) is 1. The van der Waals surface area contributed by atoms with Gasteiger partial charge in [-0.2, -0.15) is 0 Å². The summed E-state index contributed by atoms with van der Waals surface area (Å²) >= 11 is 0. The van der Waals surface area contributed by atoms with Crippen molar-refractivity contribution in [3.8, 4) is 5.75 Å². The van der Waals surface area contributed by atoms with Crippen molar-refractivity contribution in [1.82, 2.24) is 0 Å². The molecule has 0 radical (unpaired) electrons. The van der Waals surface area contributed by atoms with Gasteiger partial charge in [-0.05, 0) is 30.7 Å². The molecule has 5 heteroatoms. The molecule has 88 valence electrons. The number of carboxylic acids is 1. The Balaban J connectivity index is 2.77. The van der Waals surface area contributed by atoms with Crippen molar-refractivity contribution < 1.29 is 23.8 Å². The number of benzene rings is 1. The largest absolute Gasteiger partial charge is 0.478 e.